The number of hydrogen-bond donors (Lipinski definition) is 2. The highest BCUT2D eigenvalue weighted by atomic mass is 35.5. The minimum atomic E-state index is -0.972. The average Bonchev–Trinajstić information content (AvgIpc) is 3.47. The molecule has 1 aromatic heterocycles. The first-order valence-electron chi connectivity index (χ1n) is 16.6. The molecule has 3 aliphatic rings. The summed E-state index contributed by atoms with van der Waals surface area (Å²) in [5.74, 6) is 7.32. The van der Waals surface area contributed by atoms with Crippen molar-refractivity contribution >= 4 is 23.2 Å². The number of nitrogens with two attached hydrogens (primary N) is 1. The number of hydrogen-bond acceptors (Lipinski definition) is 6. The third-order valence-electron chi connectivity index (χ3n) is 9.70. The molecule has 0 bridgehead atoms. The summed E-state index contributed by atoms with van der Waals surface area (Å²) in [4.78, 5) is 23.0. The van der Waals surface area contributed by atoms with Crippen LogP contribution in [-0.2, 0) is 18.8 Å². The van der Waals surface area contributed by atoms with Crippen molar-refractivity contribution in [2.24, 2.45) is 5.84 Å². The summed E-state index contributed by atoms with van der Waals surface area (Å²) in [5.41, 5.74) is 4.91. The molecule has 3 heterocycles. The highest BCUT2D eigenvalue weighted by Gasteiger charge is 2.35. The molecule has 1 saturated carbocycles. The fourth-order valence-corrected chi connectivity index (χ4v) is 7.15. The molecule has 3 N–H and O–H groups in total. The Morgan fingerprint density at radius 3 is 2.63 bits per heavy atom. The van der Waals surface area contributed by atoms with Crippen molar-refractivity contribution in [3.63, 3.8) is 0 Å². The van der Waals surface area contributed by atoms with Gasteiger partial charge in [0, 0.05) is 60.6 Å². The maximum atomic E-state index is 13.9. The molecule has 2 aliphatic heterocycles. The molecule has 244 valence electrons. The van der Waals surface area contributed by atoms with E-state index < -0.39 is 5.60 Å². The minimum absolute atomic E-state index is 0.0664. The zero-order chi connectivity index (χ0) is 32.3. The Hall–Kier alpha value is -3.43. The molecular formula is C37H46ClN5O3. The Labute approximate surface area is 277 Å². The predicted molar refractivity (Wildman–Crippen MR) is 182 cm³/mol. The number of likely N-dealkylation sites (tertiary alicyclic amines) is 1. The summed E-state index contributed by atoms with van der Waals surface area (Å²) in [5, 5.41) is 13.0. The van der Waals surface area contributed by atoms with Gasteiger partial charge in [0.1, 0.15) is 12.4 Å². The van der Waals surface area contributed by atoms with Crippen molar-refractivity contribution in [1.82, 2.24) is 19.8 Å². The van der Waals surface area contributed by atoms with E-state index in [1.807, 2.05) is 53.4 Å². The summed E-state index contributed by atoms with van der Waals surface area (Å²) in [6.45, 7) is 7.06. The van der Waals surface area contributed by atoms with Crippen molar-refractivity contribution in [3.05, 3.63) is 99.8 Å². The van der Waals surface area contributed by atoms with Crippen LogP contribution in [0.4, 0.5) is 4.79 Å². The van der Waals surface area contributed by atoms with Gasteiger partial charge in [-0.1, -0.05) is 61.2 Å². The smallest absolute Gasteiger partial charge is 0.334 e. The Balaban J connectivity index is 1.19. The molecule has 2 fully saturated rings. The molecule has 8 nitrogen and oxygen atoms in total. The fraction of sp³-hybridized carbons (Fsp3) is 0.459. The number of pyridine rings is 1. The number of fused-ring (bicyclic) bond motifs is 2. The summed E-state index contributed by atoms with van der Waals surface area (Å²) >= 11 is 6.16. The maximum Gasteiger partial charge on any atom is 0.334 e. The van der Waals surface area contributed by atoms with Gasteiger partial charge in [0.15, 0.2) is 0 Å². The zero-order valence-electron chi connectivity index (χ0n) is 27.0. The lowest BCUT2D eigenvalue weighted by Crippen LogP contribution is -2.55. The van der Waals surface area contributed by atoms with E-state index in [-0.39, 0.29) is 18.1 Å². The number of nitrogens with zero attached hydrogens (tertiary/aromatic N) is 4. The van der Waals surface area contributed by atoms with Crippen LogP contribution in [0.1, 0.15) is 86.7 Å². The largest absolute Gasteiger partial charge is 0.487 e. The third-order valence-corrected chi connectivity index (χ3v) is 9.96. The first-order valence-corrected chi connectivity index (χ1v) is 17.0. The number of urea groups is 1. The molecule has 9 heteroatoms. The number of aromatic nitrogens is 1. The van der Waals surface area contributed by atoms with Gasteiger partial charge in [-0.2, -0.15) is 0 Å². The summed E-state index contributed by atoms with van der Waals surface area (Å²) in [6.07, 6.45) is 11.2. The van der Waals surface area contributed by atoms with Crippen molar-refractivity contribution in [1.29, 1.82) is 0 Å². The van der Waals surface area contributed by atoms with Crippen LogP contribution < -0.4 is 10.6 Å². The summed E-state index contributed by atoms with van der Waals surface area (Å²) in [7, 11) is 0. The van der Waals surface area contributed by atoms with Crippen LogP contribution in [0.3, 0.4) is 0 Å². The van der Waals surface area contributed by atoms with Gasteiger partial charge in [-0.25, -0.2) is 10.6 Å². The molecule has 1 saturated heterocycles. The number of carbonyl (C=O) groups excluding carboxylic acids is 1. The Morgan fingerprint density at radius 1 is 1.09 bits per heavy atom. The number of ether oxygens (including phenoxy) is 1. The van der Waals surface area contributed by atoms with Gasteiger partial charge in [0.25, 0.3) is 0 Å². The van der Waals surface area contributed by atoms with Gasteiger partial charge < -0.3 is 19.6 Å². The number of hydrazine groups is 1. The lowest BCUT2D eigenvalue weighted by atomic mass is 9.90. The van der Waals surface area contributed by atoms with E-state index in [0.717, 1.165) is 97.4 Å². The second-order valence-electron chi connectivity index (χ2n) is 13.4. The predicted octanol–water partition coefficient (Wildman–Crippen LogP) is 6.88. The van der Waals surface area contributed by atoms with Gasteiger partial charge in [0.2, 0.25) is 0 Å². The van der Waals surface area contributed by atoms with Gasteiger partial charge in [-0.15, -0.1) is 0 Å². The Kier molecular flexibility index (Phi) is 9.99. The highest BCUT2D eigenvalue weighted by Crippen LogP contribution is 2.38. The second-order valence-corrected chi connectivity index (χ2v) is 13.9. The van der Waals surface area contributed by atoms with Crippen molar-refractivity contribution in [2.75, 3.05) is 19.6 Å². The number of benzene rings is 2. The molecule has 1 atom stereocenters. The number of rotatable bonds is 8. The summed E-state index contributed by atoms with van der Waals surface area (Å²) in [6, 6.07) is 17.8. The average molecular weight is 644 g/mol. The van der Waals surface area contributed by atoms with Crippen molar-refractivity contribution < 1.29 is 14.6 Å². The van der Waals surface area contributed by atoms with Crippen LogP contribution in [0.2, 0.25) is 5.02 Å². The molecule has 0 spiro atoms. The highest BCUT2D eigenvalue weighted by molar-refractivity contribution is 6.30. The van der Waals surface area contributed by atoms with E-state index >= 15 is 0 Å². The molecule has 2 amide bonds. The van der Waals surface area contributed by atoms with E-state index in [2.05, 4.69) is 22.0 Å². The van der Waals surface area contributed by atoms with Gasteiger partial charge >= 0.3 is 6.03 Å². The second kappa shape index (κ2) is 14.1. The number of amides is 2. The zero-order valence-corrected chi connectivity index (χ0v) is 27.8. The van der Waals surface area contributed by atoms with Gasteiger partial charge in [-0.3, -0.25) is 9.99 Å². The van der Waals surface area contributed by atoms with E-state index in [1.165, 1.54) is 11.4 Å². The van der Waals surface area contributed by atoms with E-state index in [4.69, 9.17) is 22.2 Å². The lowest BCUT2D eigenvalue weighted by molar-refractivity contribution is 0.0785. The molecule has 0 radical (unpaired) electrons. The maximum absolute atomic E-state index is 13.9. The van der Waals surface area contributed by atoms with E-state index in [0.29, 0.717) is 18.2 Å². The van der Waals surface area contributed by atoms with E-state index in [9.17, 15) is 9.90 Å². The quantitative estimate of drug-likeness (QED) is 0.158. The van der Waals surface area contributed by atoms with Crippen LogP contribution in [0.5, 0.6) is 5.75 Å². The third kappa shape index (κ3) is 7.41. The topological polar surface area (TPSA) is 95.2 Å². The number of aliphatic hydroxyl groups is 1. The van der Waals surface area contributed by atoms with Crippen LogP contribution in [-0.4, -0.2) is 62.6 Å². The minimum Gasteiger partial charge on any atom is -0.487 e. The molecule has 2 aromatic carbocycles. The first kappa shape index (κ1) is 32.5. The first-order chi connectivity index (χ1) is 22.2. The lowest BCUT2D eigenvalue weighted by Gasteiger charge is -2.37. The molecule has 1 aliphatic carbocycles. The molecule has 0 unspecified atom stereocenters. The van der Waals surface area contributed by atoms with Crippen LogP contribution >= 0.6 is 11.6 Å². The molecule has 6 rings (SSSR count). The summed E-state index contributed by atoms with van der Waals surface area (Å²) < 4.78 is 6.18. The van der Waals surface area contributed by atoms with Gasteiger partial charge in [0.05, 0.1) is 11.3 Å². The monoisotopic (exact) mass is 643 g/mol. The Bertz CT molecular complexity index is 1550. The van der Waals surface area contributed by atoms with Crippen molar-refractivity contribution in [3.8, 4) is 5.75 Å². The van der Waals surface area contributed by atoms with E-state index in [1.54, 1.807) is 20.0 Å². The Morgan fingerprint density at radius 2 is 1.87 bits per heavy atom. The fourth-order valence-electron chi connectivity index (χ4n) is 7.02. The molecule has 46 heavy (non-hydrogen) atoms. The number of halogens is 1. The van der Waals surface area contributed by atoms with Gasteiger partial charge in [-0.05, 0) is 86.6 Å². The molecular weight excluding hydrogens is 598 g/mol. The van der Waals surface area contributed by atoms with Crippen LogP contribution in [0.25, 0.3) is 5.57 Å². The van der Waals surface area contributed by atoms with Crippen LogP contribution in [0.15, 0.2) is 66.9 Å². The SMILES string of the molecule is CC(C)(O)c1ccc2c(c1)/C(=C/CCN1CC[C@H](N(Cc3ccc(Cl)cc3)C(=O)N(N)C3CCCCC3)C1)c1cccnc1CO2. The normalized spacial score (nSPS) is 19.7. The van der Waals surface area contributed by atoms with Crippen molar-refractivity contribution in [2.45, 2.75) is 89.6 Å². The molecule has 3 aromatic rings. The standard InChI is InChI=1S/C37H46ClN5O3/c1-37(2,45)27-14-17-35-33(22-27)31(32-10-6-19-40-34(32)25-46-35)11-7-20-41-21-18-30(24-41)42(23-26-12-15-28(38)16-13-26)36(44)43(39)29-8-4-3-5-9-29/h6,10-17,19,22,29-30,45H,3-5,7-9,18,20-21,23-25,39H2,1-2H3/b31-11+/t30-/m0/s1. The number of carbonyl (C=O) groups is 1. The van der Waals surface area contributed by atoms with Crippen LogP contribution in [0, 0.1) is 0 Å².